The molecule has 1 heterocycles. The van der Waals surface area contributed by atoms with Crippen molar-refractivity contribution in [3.05, 3.63) is 35.4 Å². The first-order valence-electron chi connectivity index (χ1n) is 8.68. The summed E-state index contributed by atoms with van der Waals surface area (Å²) >= 11 is 0. The first-order chi connectivity index (χ1) is 11.8. The molecule has 6 nitrogen and oxygen atoms in total. The van der Waals surface area contributed by atoms with Crippen LogP contribution in [-0.2, 0) is 9.59 Å². The van der Waals surface area contributed by atoms with E-state index in [1.54, 1.807) is 24.0 Å². The number of benzene rings is 1. The van der Waals surface area contributed by atoms with Crippen LogP contribution in [0.2, 0.25) is 0 Å². The fourth-order valence-corrected chi connectivity index (χ4v) is 2.92. The number of carboxylic acid groups (broad SMARTS) is 1. The monoisotopic (exact) mass is 346 g/mol. The maximum absolute atomic E-state index is 12.6. The van der Waals surface area contributed by atoms with Crippen molar-refractivity contribution in [2.45, 2.75) is 45.6 Å². The van der Waals surface area contributed by atoms with Crippen molar-refractivity contribution < 1.29 is 19.5 Å². The van der Waals surface area contributed by atoms with Gasteiger partial charge in [-0.1, -0.05) is 24.6 Å². The summed E-state index contributed by atoms with van der Waals surface area (Å²) in [5.41, 5.74) is 0.413. The van der Waals surface area contributed by atoms with Gasteiger partial charge in [0.2, 0.25) is 5.91 Å². The van der Waals surface area contributed by atoms with Crippen molar-refractivity contribution in [3.63, 3.8) is 0 Å². The van der Waals surface area contributed by atoms with Crippen LogP contribution in [0, 0.1) is 12.8 Å². The van der Waals surface area contributed by atoms with Gasteiger partial charge in [-0.15, -0.1) is 0 Å². The molecule has 1 saturated heterocycles. The van der Waals surface area contributed by atoms with Gasteiger partial charge in [-0.3, -0.25) is 9.59 Å². The van der Waals surface area contributed by atoms with Gasteiger partial charge >= 0.3 is 5.97 Å². The molecule has 2 N–H and O–H groups in total. The van der Waals surface area contributed by atoms with Crippen LogP contribution in [0.15, 0.2) is 24.3 Å². The Kier molecular flexibility index (Phi) is 5.82. The minimum Gasteiger partial charge on any atom is -0.480 e. The van der Waals surface area contributed by atoms with Gasteiger partial charge < -0.3 is 15.3 Å². The van der Waals surface area contributed by atoms with E-state index in [1.165, 1.54) is 6.92 Å². The minimum absolute atomic E-state index is 0.0889. The van der Waals surface area contributed by atoms with Crippen molar-refractivity contribution in [2.75, 3.05) is 13.1 Å². The average Bonchev–Trinajstić information content (AvgIpc) is 2.61. The number of amides is 2. The zero-order chi connectivity index (χ0) is 18.6. The molecule has 2 rings (SSSR count). The molecule has 2 amide bonds. The van der Waals surface area contributed by atoms with E-state index in [1.807, 2.05) is 19.1 Å². The number of carboxylic acids is 1. The third-order valence-corrected chi connectivity index (χ3v) is 4.96. The molecular weight excluding hydrogens is 320 g/mol. The van der Waals surface area contributed by atoms with Gasteiger partial charge in [0.05, 0.1) is 5.92 Å². The standard InChI is InChI=1S/C19H26N2O4/c1-4-19(3,18(24)25)20-16(22)15-6-5-11-21(12-15)17(23)14-9-7-13(2)8-10-14/h7-10,15H,4-6,11-12H2,1-3H3,(H,20,22)(H,24,25). The molecule has 0 aliphatic carbocycles. The summed E-state index contributed by atoms with van der Waals surface area (Å²) in [5.74, 6) is -1.82. The molecule has 6 heteroatoms. The highest BCUT2D eigenvalue weighted by atomic mass is 16.4. The average molecular weight is 346 g/mol. The summed E-state index contributed by atoms with van der Waals surface area (Å²) in [5, 5.41) is 12.0. The molecule has 2 atom stereocenters. The highest BCUT2D eigenvalue weighted by Crippen LogP contribution is 2.21. The molecule has 0 radical (unpaired) electrons. The van der Waals surface area contributed by atoms with Crippen LogP contribution in [0.3, 0.4) is 0 Å². The molecular formula is C19H26N2O4. The van der Waals surface area contributed by atoms with Crippen molar-refractivity contribution in [3.8, 4) is 0 Å². The number of rotatable bonds is 5. The van der Waals surface area contributed by atoms with Gasteiger partial charge in [-0.05, 0) is 45.2 Å². The smallest absolute Gasteiger partial charge is 0.329 e. The van der Waals surface area contributed by atoms with Gasteiger partial charge in [-0.25, -0.2) is 4.79 Å². The Morgan fingerprint density at radius 3 is 2.48 bits per heavy atom. The van der Waals surface area contributed by atoms with Gasteiger partial charge in [0, 0.05) is 18.7 Å². The van der Waals surface area contributed by atoms with Crippen molar-refractivity contribution in [2.24, 2.45) is 5.92 Å². The third-order valence-electron chi connectivity index (χ3n) is 4.96. The summed E-state index contributed by atoms with van der Waals surface area (Å²) in [6.07, 6.45) is 1.68. The number of aliphatic carboxylic acids is 1. The van der Waals surface area contributed by atoms with Gasteiger partial charge in [0.15, 0.2) is 0 Å². The summed E-state index contributed by atoms with van der Waals surface area (Å²) in [4.78, 5) is 38.2. The van der Waals surface area contributed by atoms with Crippen LogP contribution in [-0.4, -0.2) is 46.4 Å². The van der Waals surface area contributed by atoms with Crippen LogP contribution in [0.4, 0.5) is 0 Å². The summed E-state index contributed by atoms with van der Waals surface area (Å²) in [6, 6.07) is 7.36. The first kappa shape index (κ1) is 19.0. The lowest BCUT2D eigenvalue weighted by Crippen LogP contribution is -2.55. The third kappa shape index (κ3) is 4.38. The maximum atomic E-state index is 12.6. The van der Waals surface area contributed by atoms with E-state index in [2.05, 4.69) is 5.32 Å². The number of carbonyl (C=O) groups excluding carboxylic acids is 2. The molecule has 1 aliphatic rings. The van der Waals surface area contributed by atoms with Crippen molar-refractivity contribution >= 4 is 17.8 Å². The maximum Gasteiger partial charge on any atom is 0.329 e. The van der Waals surface area contributed by atoms with E-state index in [0.29, 0.717) is 31.5 Å². The molecule has 136 valence electrons. The van der Waals surface area contributed by atoms with E-state index in [4.69, 9.17) is 0 Å². The van der Waals surface area contributed by atoms with E-state index < -0.39 is 11.5 Å². The van der Waals surface area contributed by atoms with Crippen LogP contribution in [0.1, 0.15) is 49.0 Å². The number of piperidine rings is 1. The van der Waals surface area contributed by atoms with Crippen molar-refractivity contribution in [1.82, 2.24) is 10.2 Å². The Morgan fingerprint density at radius 1 is 1.28 bits per heavy atom. The Bertz CT molecular complexity index is 656. The zero-order valence-corrected chi connectivity index (χ0v) is 15.0. The first-order valence-corrected chi connectivity index (χ1v) is 8.68. The zero-order valence-electron chi connectivity index (χ0n) is 15.0. The molecule has 1 aromatic carbocycles. The number of carbonyl (C=O) groups is 3. The molecule has 1 aromatic rings. The molecule has 0 spiro atoms. The molecule has 0 saturated carbocycles. The number of aryl methyl sites for hydroxylation is 1. The minimum atomic E-state index is -1.28. The number of nitrogens with zero attached hydrogens (tertiary/aromatic N) is 1. The Morgan fingerprint density at radius 2 is 1.92 bits per heavy atom. The van der Waals surface area contributed by atoms with Crippen LogP contribution < -0.4 is 5.32 Å². The van der Waals surface area contributed by atoms with Crippen LogP contribution in [0.25, 0.3) is 0 Å². The van der Waals surface area contributed by atoms with E-state index in [-0.39, 0.29) is 17.7 Å². The number of hydrogen-bond acceptors (Lipinski definition) is 3. The number of nitrogens with one attached hydrogen (secondary N) is 1. The number of likely N-dealkylation sites (tertiary alicyclic amines) is 1. The van der Waals surface area contributed by atoms with E-state index in [0.717, 1.165) is 12.0 Å². The second kappa shape index (κ2) is 7.68. The highest BCUT2D eigenvalue weighted by molar-refractivity contribution is 5.95. The fourth-order valence-electron chi connectivity index (χ4n) is 2.92. The summed E-state index contributed by atoms with van der Waals surface area (Å²) in [6.45, 7) is 6.12. The topological polar surface area (TPSA) is 86.7 Å². The van der Waals surface area contributed by atoms with Gasteiger partial charge in [0.25, 0.3) is 5.91 Å². The van der Waals surface area contributed by atoms with E-state index in [9.17, 15) is 19.5 Å². The lowest BCUT2D eigenvalue weighted by atomic mass is 9.93. The Balaban J connectivity index is 2.05. The Hall–Kier alpha value is -2.37. The predicted octanol–water partition coefficient (Wildman–Crippen LogP) is 2.22. The largest absolute Gasteiger partial charge is 0.480 e. The predicted molar refractivity (Wildman–Crippen MR) is 94.3 cm³/mol. The fraction of sp³-hybridized carbons (Fsp3) is 0.526. The van der Waals surface area contributed by atoms with Crippen LogP contribution >= 0.6 is 0 Å². The van der Waals surface area contributed by atoms with Gasteiger partial charge in [-0.2, -0.15) is 0 Å². The number of hydrogen-bond donors (Lipinski definition) is 2. The molecule has 0 aromatic heterocycles. The molecule has 1 fully saturated rings. The molecule has 2 unspecified atom stereocenters. The molecule has 1 aliphatic heterocycles. The quantitative estimate of drug-likeness (QED) is 0.856. The van der Waals surface area contributed by atoms with E-state index >= 15 is 0 Å². The molecule has 0 bridgehead atoms. The normalized spacial score (nSPS) is 19.8. The van der Waals surface area contributed by atoms with Crippen LogP contribution in [0.5, 0.6) is 0 Å². The summed E-state index contributed by atoms with van der Waals surface area (Å²) < 4.78 is 0. The lowest BCUT2D eigenvalue weighted by Gasteiger charge is -2.34. The van der Waals surface area contributed by atoms with Crippen molar-refractivity contribution in [1.29, 1.82) is 0 Å². The second-order valence-corrected chi connectivity index (χ2v) is 6.94. The molecule has 25 heavy (non-hydrogen) atoms. The highest BCUT2D eigenvalue weighted by Gasteiger charge is 2.36. The van der Waals surface area contributed by atoms with Gasteiger partial charge in [0.1, 0.15) is 5.54 Å². The summed E-state index contributed by atoms with van der Waals surface area (Å²) in [7, 11) is 0. The Labute approximate surface area is 148 Å². The SMILES string of the molecule is CCC(C)(NC(=O)C1CCCN(C(=O)c2ccc(C)cc2)C1)C(=O)O. The second-order valence-electron chi connectivity index (χ2n) is 6.94. The lowest BCUT2D eigenvalue weighted by molar-refractivity contribution is -0.148.